The number of carbonyl (C=O) groups is 4. The molecule has 0 aromatic carbocycles. The Labute approximate surface area is 356 Å². The molecule has 0 aliphatic rings. The maximum Gasteiger partial charge on any atom is 0.220 e. The van der Waals surface area contributed by atoms with Crippen molar-refractivity contribution in [1.29, 1.82) is 0 Å². The van der Waals surface area contributed by atoms with E-state index in [0.29, 0.717) is 62.5 Å². The molecule has 0 saturated carbocycles. The molecule has 0 aliphatic heterocycles. The van der Waals surface area contributed by atoms with Crippen molar-refractivity contribution in [3.63, 3.8) is 0 Å². The smallest absolute Gasteiger partial charge is 0.220 e. The van der Waals surface area contributed by atoms with Crippen molar-refractivity contribution in [2.45, 2.75) is 146 Å². The average molecular weight is 833 g/mol. The zero-order valence-electron chi connectivity index (χ0n) is 39.3. The second-order valence-corrected chi connectivity index (χ2v) is 16.4. The van der Waals surface area contributed by atoms with E-state index in [-0.39, 0.29) is 30.2 Å². The summed E-state index contributed by atoms with van der Waals surface area (Å²) in [5.74, 6) is 2.32. The van der Waals surface area contributed by atoms with Crippen molar-refractivity contribution < 1.29 is 29.0 Å². The summed E-state index contributed by atoms with van der Waals surface area (Å²) in [5.41, 5.74) is 5.36. The van der Waals surface area contributed by atoms with Crippen molar-refractivity contribution in [1.82, 2.24) is 37.2 Å². The van der Waals surface area contributed by atoms with Crippen LogP contribution in [0.3, 0.4) is 0 Å². The number of aliphatic hydroxyl groups is 1. The number of ether oxygens (including phenoxy) is 1. The third-order valence-electron chi connectivity index (χ3n) is 7.84. The van der Waals surface area contributed by atoms with Crippen molar-refractivity contribution in [2.75, 3.05) is 92.3 Å². The average Bonchev–Trinajstić information content (AvgIpc) is 3.13. The van der Waals surface area contributed by atoms with Gasteiger partial charge in [-0.25, -0.2) is 0 Å². The summed E-state index contributed by atoms with van der Waals surface area (Å²) in [7, 11) is 1.62. The quantitative estimate of drug-likeness (QED) is 0.0416. The van der Waals surface area contributed by atoms with Gasteiger partial charge in [0.25, 0.3) is 0 Å². The predicted octanol–water partition coefficient (Wildman–Crippen LogP) is 4.49. The molecule has 4 amide bonds. The van der Waals surface area contributed by atoms with Gasteiger partial charge in [0.05, 0.1) is 6.61 Å². The Morgan fingerprint density at radius 1 is 0.466 bits per heavy atom. The number of unbranched alkanes of at least 4 members (excludes halogenated alkanes) is 3. The minimum absolute atomic E-state index is 0.108. The standard InChI is InChI=1S/C15H33N3O.C11H25N3O.C10H21NO2.C8H17NO2/c1-4-5-8-16-9-6-10-17-11-7-12-18-15(19)13-14(2)3;1-10(2)9-11(15)14-8-4-7-13-6-3-5-12;1-9(2)8-10(13)11-6-4-3-5-7-12;1-7(2)6-8(10)9-4-5-11-3/h14,16-17H,4-13H2,1-3H3,(H,18,19);10,13H,3-9,12H2,1-2H3,(H,14,15);9,12H,3-8H2,1-2H3,(H,11,13);7H,4-6H2,1-3H3,(H,9,10). The van der Waals surface area contributed by atoms with E-state index in [1.165, 1.54) is 19.3 Å². The van der Waals surface area contributed by atoms with Crippen LogP contribution in [0.15, 0.2) is 0 Å². The third-order valence-corrected chi connectivity index (χ3v) is 7.84. The Kier molecular flexibility index (Phi) is 54.5. The van der Waals surface area contributed by atoms with Crippen LogP contribution >= 0.6 is 0 Å². The zero-order valence-corrected chi connectivity index (χ0v) is 39.3. The van der Waals surface area contributed by atoms with Gasteiger partial charge in [-0.1, -0.05) is 68.7 Å². The lowest BCUT2D eigenvalue weighted by Crippen LogP contribution is -2.29. The molecule has 0 spiro atoms. The molecule has 10 N–H and O–H groups in total. The Morgan fingerprint density at radius 3 is 1.12 bits per heavy atom. The molecular formula is C44H96N8O6. The van der Waals surface area contributed by atoms with Crippen molar-refractivity contribution in [2.24, 2.45) is 29.4 Å². The minimum Gasteiger partial charge on any atom is -0.396 e. The number of carbonyl (C=O) groups excluding carboxylic acids is 4. The van der Waals surface area contributed by atoms with Gasteiger partial charge < -0.3 is 52.8 Å². The third kappa shape index (κ3) is 65.5. The normalized spacial score (nSPS) is 10.6. The van der Waals surface area contributed by atoms with Crippen LogP contribution in [0.5, 0.6) is 0 Å². The highest BCUT2D eigenvalue weighted by Gasteiger charge is 2.05. The number of amides is 4. The maximum absolute atomic E-state index is 11.4. The molecule has 0 saturated heterocycles. The summed E-state index contributed by atoms with van der Waals surface area (Å²) in [5, 5.41) is 30.1. The second-order valence-electron chi connectivity index (χ2n) is 16.4. The second kappa shape index (κ2) is 50.8. The zero-order chi connectivity index (χ0) is 44.7. The molecule has 348 valence electrons. The minimum atomic E-state index is 0.108. The largest absolute Gasteiger partial charge is 0.396 e. The fraction of sp³-hybridized carbons (Fsp3) is 0.909. The van der Waals surface area contributed by atoms with Crippen molar-refractivity contribution in [3.05, 3.63) is 0 Å². The highest BCUT2D eigenvalue weighted by Crippen LogP contribution is 2.00. The van der Waals surface area contributed by atoms with Crippen LogP contribution in [-0.4, -0.2) is 121 Å². The lowest BCUT2D eigenvalue weighted by molar-refractivity contribution is -0.122. The molecule has 14 nitrogen and oxygen atoms in total. The molecule has 0 aliphatic carbocycles. The van der Waals surface area contributed by atoms with Crippen LogP contribution in [0.2, 0.25) is 0 Å². The molecule has 0 rings (SSSR count). The summed E-state index contributed by atoms with van der Waals surface area (Å²) >= 11 is 0. The van der Waals surface area contributed by atoms with Crippen LogP contribution < -0.4 is 43.0 Å². The summed E-state index contributed by atoms with van der Waals surface area (Å²) in [6.07, 6.45) is 12.0. The summed E-state index contributed by atoms with van der Waals surface area (Å²) in [6.45, 7) is 29.2. The van der Waals surface area contributed by atoms with Gasteiger partial charge in [0.1, 0.15) is 0 Å². The molecule has 0 atom stereocenters. The van der Waals surface area contributed by atoms with Gasteiger partial charge in [0.2, 0.25) is 23.6 Å². The molecular weight excluding hydrogens is 737 g/mol. The van der Waals surface area contributed by atoms with Gasteiger partial charge in [-0.05, 0) is 121 Å². The maximum atomic E-state index is 11.4. The van der Waals surface area contributed by atoms with Gasteiger partial charge in [0, 0.05) is 65.6 Å². The first-order valence-corrected chi connectivity index (χ1v) is 22.6. The molecule has 14 heteroatoms. The number of aliphatic hydroxyl groups excluding tert-OH is 1. The highest BCUT2D eigenvalue weighted by molar-refractivity contribution is 5.77. The highest BCUT2D eigenvalue weighted by atomic mass is 16.5. The van der Waals surface area contributed by atoms with Crippen LogP contribution in [0, 0.1) is 23.7 Å². The van der Waals surface area contributed by atoms with Gasteiger partial charge in [-0.3, -0.25) is 19.2 Å². The Balaban J connectivity index is -0.000000342. The van der Waals surface area contributed by atoms with Gasteiger partial charge in [-0.2, -0.15) is 0 Å². The van der Waals surface area contributed by atoms with Gasteiger partial charge in [0.15, 0.2) is 0 Å². The molecule has 0 heterocycles. The number of nitrogens with two attached hydrogens (primary N) is 1. The molecule has 0 radical (unpaired) electrons. The fourth-order valence-electron chi connectivity index (χ4n) is 4.83. The monoisotopic (exact) mass is 833 g/mol. The summed E-state index contributed by atoms with van der Waals surface area (Å²) < 4.78 is 4.78. The van der Waals surface area contributed by atoms with E-state index in [9.17, 15) is 19.2 Å². The van der Waals surface area contributed by atoms with E-state index in [4.69, 9.17) is 15.6 Å². The predicted molar refractivity (Wildman–Crippen MR) is 244 cm³/mol. The lowest BCUT2D eigenvalue weighted by Gasteiger charge is -2.08. The van der Waals surface area contributed by atoms with Crippen LogP contribution in [0.25, 0.3) is 0 Å². The molecule has 0 unspecified atom stereocenters. The first-order valence-electron chi connectivity index (χ1n) is 22.6. The molecule has 0 aromatic heterocycles. The molecule has 0 bridgehead atoms. The number of rotatable bonds is 34. The van der Waals surface area contributed by atoms with Gasteiger partial charge in [-0.15, -0.1) is 0 Å². The van der Waals surface area contributed by atoms with E-state index in [0.717, 1.165) is 104 Å². The van der Waals surface area contributed by atoms with E-state index in [1.807, 2.05) is 41.5 Å². The first-order chi connectivity index (χ1) is 27.7. The van der Waals surface area contributed by atoms with E-state index in [2.05, 4.69) is 58.0 Å². The Hall–Kier alpha value is -2.36. The number of nitrogens with one attached hydrogen (secondary N) is 7. The van der Waals surface area contributed by atoms with Gasteiger partial charge >= 0.3 is 0 Å². The van der Waals surface area contributed by atoms with Crippen molar-refractivity contribution in [3.8, 4) is 0 Å². The fourth-order valence-corrected chi connectivity index (χ4v) is 4.83. The number of hydrogen-bond donors (Lipinski definition) is 9. The Bertz CT molecular complexity index is 894. The SMILES string of the molecule is CC(C)CC(=O)NCCCCCO.CC(C)CC(=O)NCCCNCCCN.CCCCNCCCNCCCNC(=O)CC(C)C.COCCNC(=O)CC(C)C. The van der Waals surface area contributed by atoms with Crippen LogP contribution in [0.1, 0.15) is 146 Å². The molecule has 0 aromatic rings. The van der Waals surface area contributed by atoms with Crippen LogP contribution in [-0.2, 0) is 23.9 Å². The summed E-state index contributed by atoms with van der Waals surface area (Å²) in [4.78, 5) is 44.7. The van der Waals surface area contributed by atoms with Crippen LogP contribution in [0.4, 0.5) is 0 Å². The molecule has 58 heavy (non-hydrogen) atoms. The number of methoxy groups -OCH3 is 1. The first kappa shape index (κ1) is 62.3. The van der Waals surface area contributed by atoms with Crippen molar-refractivity contribution >= 4 is 23.6 Å². The number of hydrogen-bond acceptors (Lipinski definition) is 10. The summed E-state index contributed by atoms with van der Waals surface area (Å²) in [6, 6.07) is 0. The van der Waals surface area contributed by atoms with E-state index >= 15 is 0 Å². The molecule has 0 fully saturated rings. The topological polar surface area (TPSA) is 208 Å². The lowest BCUT2D eigenvalue weighted by atomic mass is 10.1. The Morgan fingerprint density at radius 2 is 0.793 bits per heavy atom. The van der Waals surface area contributed by atoms with E-state index < -0.39 is 0 Å². The van der Waals surface area contributed by atoms with E-state index in [1.54, 1.807) is 7.11 Å².